The van der Waals surface area contributed by atoms with Crippen molar-refractivity contribution in [2.24, 2.45) is 0 Å². The largest absolute Gasteiger partial charge is 0.497 e. The van der Waals surface area contributed by atoms with Crippen molar-refractivity contribution in [2.75, 3.05) is 59.6 Å². The Labute approximate surface area is 175 Å². The van der Waals surface area contributed by atoms with E-state index in [1.165, 1.54) is 0 Å². The predicted molar refractivity (Wildman–Crippen MR) is 111 cm³/mol. The Kier molecular flexibility index (Phi) is 4.71. The number of aromatic amines is 1. The van der Waals surface area contributed by atoms with Crippen molar-refractivity contribution in [2.45, 2.75) is 18.9 Å². The van der Waals surface area contributed by atoms with Gasteiger partial charge in [0.2, 0.25) is 5.91 Å². The zero-order valence-corrected chi connectivity index (χ0v) is 17.6. The van der Waals surface area contributed by atoms with Crippen LogP contribution in [0, 0.1) is 0 Å². The molecule has 2 saturated heterocycles. The van der Waals surface area contributed by atoms with Gasteiger partial charge in [-0.1, -0.05) is 0 Å². The van der Waals surface area contributed by atoms with E-state index in [2.05, 4.69) is 9.88 Å². The first kappa shape index (κ1) is 19.4. The number of aromatic nitrogens is 1. The number of carbonyl (C=O) groups is 2. The van der Waals surface area contributed by atoms with Crippen LogP contribution in [0.2, 0.25) is 0 Å². The number of methoxy groups -OCH3 is 1. The summed E-state index contributed by atoms with van der Waals surface area (Å²) in [6.07, 6.45) is 0.727. The Hall–Kier alpha value is -2.58. The summed E-state index contributed by atoms with van der Waals surface area (Å²) < 4.78 is 10.8. The second-order valence-electron chi connectivity index (χ2n) is 8.44. The van der Waals surface area contributed by atoms with E-state index in [0.717, 1.165) is 67.2 Å². The third kappa shape index (κ3) is 2.89. The lowest BCUT2D eigenvalue weighted by Crippen LogP contribution is -2.67. The molecule has 1 unspecified atom stereocenters. The Bertz CT molecular complexity index is 996. The molecule has 1 atom stereocenters. The molecule has 0 bridgehead atoms. The number of morpholine rings is 1. The molecule has 160 valence electrons. The summed E-state index contributed by atoms with van der Waals surface area (Å²) in [5, 5.41) is 1.07. The number of amides is 2. The molecule has 4 heterocycles. The van der Waals surface area contributed by atoms with E-state index in [1.807, 2.05) is 25.1 Å². The van der Waals surface area contributed by atoms with Gasteiger partial charge in [-0.15, -0.1) is 0 Å². The molecular weight excluding hydrogens is 384 g/mol. The molecule has 8 nitrogen and oxygen atoms in total. The monoisotopic (exact) mass is 412 g/mol. The number of piperazine rings is 1. The maximum atomic E-state index is 13.7. The molecule has 2 amide bonds. The number of H-pyrrole nitrogens is 1. The van der Waals surface area contributed by atoms with Crippen LogP contribution in [0.3, 0.4) is 0 Å². The van der Waals surface area contributed by atoms with Crippen molar-refractivity contribution in [3.63, 3.8) is 0 Å². The zero-order chi connectivity index (χ0) is 20.9. The van der Waals surface area contributed by atoms with Crippen LogP contribution >= 0.6 is 0 Å². The number of nitrogens with one attached hydrogen (secondary N) is 1. The second-order valence-corrected chi connectivity index (χ2v) is 8.44. The van der Waals surface area contributed by atoms with Crippen molar-refractivity contribution in [1.29, 1.82) is 0 Å². The number of benzene rings is 1. The predicted octanol–water partition coefficient (Wildman–Crippen LogP) is 0.951. The van der Waals surface area contributed by atoms with Gasteiger partial charge in [0.15, 0.2) is 5.54 Å². The van der Waals surface area contributed by atoms with Crippen LogP contribution in [0.5, 0.6) is 5.75 Å². The number of carbonyl (C=O) groups excluding carboxylic acids is 2. The van der Waals surface area contributed by atoms with Crippen molar-refractivity contribution in [3.8, 4) is 5.75 Å². The molecule has 30 heavy (non-hydrogen) atoms. The van der Waals surface area contributed by atoms with E-state index in [-0.39, 0.29) is 18.4 Å². The van der Waals surface area contributed by atoms with E-state index in [4.69, 9.17) is 9.47 Å². The molecule has 1 aromatic heterocycles. The maximum absolute atomic E-state index is 13.7. The lowest BCUT2D eigenvalue weighted by molar-refractivity contribution is -0.166. The normalized spacial score (nSPS) is 24.9. The summed E-state index contributed by atoms with van der Waals surface area (Å²) in [6.45, 7) is 7.09. The number of ether oxygens (including phenoxy) is 2. The minimum Gasteiger partial charge on any atom is -0.497 e. The fraction of sp³-hybridized carbons (Fsp3) is 0.545. The van der Waals surface area contributed by atoms with Gasteiger partial charge >= 0.3 is 0 Å². The molecule has 0 spiro atoms. The first-order valence-electron chi connectivity index (χ1n) is 10.6. The Morgan fingerprint density at radius 3 is 2.73 bits per heavy atom. The minimum atomic E-state index is -1.000. The quantitative estimate of drug-likeness (QED) is 0.809. The average molecular weight is 412 g/mol. The van der Waals surface area contributed by atoms with Crippen LogP contribution in [0.15, 0.2) is 18.2 Å². The number of nitrogens with zero attached hydrogens (tertiary/aromatic N) is 3. The van der Waals surface area contributed by atoms with E-state index in [0.29, 0.717) is 13.1 Å². The van der Waals surface area contributed by atoms with Crippen LogP contribution < -0.4 is 4.74 Å². The van der Waals surface area contributed by atoms with Gasteiger partial charge < -0.3 is 24.3 Å². The van der Waals surface area contributed by atoms with Gasteiger partial charge in [-0.05, 0) is 37.1 Å². The fourth-order valence-electron chi connectivity index (χ4n) is 5.10. The summed E-state index contributed by atoms with van der Waals surface area (Å²) in [5.41, 5.74) is 1.92. The summed E-state index contributed by atoms with van der Waals surface area (Å²) in [7, 11) is 1.65. The number of hydrogen-bond donors (Lipinski definition) is 1. The van der Waals surface area contributed by atoms with E-state index < -0.39 is 5.54 Å². The van der Waals surface area contributed by atoms with Gasteiger partial charge in [0.05, 0.1) is 32.6 Å². The summed E-state index contributed by atoms with van der Waals surface area (Å²) >= 11 is 0. The lowest BCUT2D eigenvalue weighted by Gasteiger charge is -2.49. The topological polar surface area (TPSA) is 78.1 Å². The Balaban J connectivity index is 1.48. The highest BCUT2D eigenvalue weighted by molar-refractivity contribution is 6.00. The third-order valence-corrected chi connectivity index (χ3v) is 6.85. The number of rotatable bonds is 4. The summed E-state index contributed by atoms with van der Waals surface area (Å²) in [4.78, 5) is 36.0. The van der Waals surface area contributed by atoms with Crippen LogP contribution in [0.1, 0.15) is 18.2 Å². The molecule has 0 saturated carbocycles. The second kappa shape index (κ2) is 7.28. The van der Waals surface area contributed by atoms with Gasteiger partial charge in [-0.3, -0.25) is 14.5 Å². The number of fused-ring (bicyclic) bond motifs is 5. The van der Waals surface area contributed by atoms with Gasteiger partial charge in [0, 0.05) is 43.6 Å². The highest BCUT2D eigenvalue weighted by atomic mass is 16.5. The van der Waals surface area contributed by atoms with Crippen LogP contribution in [0.25, 0.3) is 10.9 Å². The highest BCUT2D eigenvalue weighted by Crippen LogP contribution is 2.42. The van der Waals surface area contributed by atoms with Crippen LogP contribution in [-0.4, -0.2) is 91.1 Å². The molecular formula is C22H28N4O4. The van der Waals surface area contributed by atoms with Gasteiger partial charge in [-0.25, -0.2) is 0 Å². The van der Waals surface area contributed by atoms with Crippen LogP contribution in [-0.2, 0) is 26.3 Å². The van der Waals surface area contributed by atoms with E-state index >= 15 is 0 Å². The minimum absolute atomic E-state index is 0.00479. The number of hydrogen-bond acceptors (Lipinski definition) is 5. The molecule has 1 aromatic carbocycles. The Morgan fingerprint density at radius 2 is 1.97 bits per heavy atom. The summed E-state index contributed by atoms with van der Waals surface area (Å²) in [6, 6.07) is 5.90. The van der Waals surface area contributed by atoms with Crippen molar-refractivity contribution >= 4 is 22.7 Å². The van der Waals surface area contributed by atoms with Crippen LogP contribution in [0.4, 0.5) is 0 Å². The molecule has 0 aliphatic carbocycles. The first-order valence-corrected chi connectivity index (χ1v) is 10.6. The van der Waals surface area contributed by atoms with Gasteiger partial charge in [0.1, 0.15) is 5.75 Å². The highest BCUT2D eigenvalue weighted by Gasteiger charge is 2.54. The Morgan fingerprint density at radius 1 is 1.17 bits per heavy atom. The van der Waals surface area contributed by atoms with E-state index in [1.54, 1.807) is 16.9 Å². The first-order chi connectivity index (χ1) is 14.5. The molecule has 2 fully saturated rings. The molecule has 0 radical (unpaired) electrons. The van der Waals surface area contributed by atoms with E-state index in [9.17, 15) is 9.59 Å². The average Bonchev–Trinajstić information content (AvgIpc) is 3.15. The van der Waals surface area contributed by atoms with Gasteiger partial charge in [0.25, 0.3) is 5.91 Å². The molecule has 3 aliphatic rings. The zero-order valence-electron chi connectivity index (χ0n) is 17.6. The smallest absolute Gasteiger partial charge is 0.254 e. The van der Waals surface area contributed by atoms with Gasteiger partial charge in [-0.2, -0.15) is 0 Å². The maximum Gasteiger partial charge on any atom is 0.254 e. The lowest BCUT2D eigenvalue weighted by atomic mass is 9.83. The van der Waals surface area contributed by atoms with Crippen molar-refractivity contribution in [3.05, 3.63) is 29.5 Å². The standard InChI is InChI=1S/C22H28N4O4/c1-22-20-16(17-13-15(29-2)3-4-18(17)23-20)5-6-26(22)19(27)14-25(21(22)28)8-7-24-9-11-30-12-10-24/h3-4,13,23H,5-12,14H2,1-2H3. The summed E-state index contributed by atoms with van der Waals surface area (Å²) in [5.74, 6) is 0.797. The van der Waals surface area contributed by atoms with Crippen molar-refractivity contribution < 1.29 is 19.1 Å². The van der Waals surface area contributed by atoms with Crippen molar-refractivity contribution in [1.82, 2.24) is 19.7 Å². The molecule has 5 rings (SSSR count). The molecule has 8 heteroatoms. The SMILES string of the molecule is COc1ccc2[nH]c3c(c2c1)CCN1C(=O)CN(CCN2CCOCC2)C(=O)C31C. The molecule has 2 aromatic rings. The fourth-order valence-corrected chi connectivity index (χ4v) is 5.10. The molecule has 1 N–H and O–H groups in total. The third-order valence-electron chi connectivity index (χ3n) is 6.85. The molecule has 3 aliphatic heterocycles.